The number of pyridine rings is 1. The second-order valence-corrected chi connectivity index (χ2v) is 5.68. The predicted octanol–water partition coefficient (Wildman–Crippen LogP) is 3.61. The van der Waals surface area contributed by atoms with Crippen LogP contribution in [0.15, 0.2) is 41.0 Å². The first-order valence-corrected chi connectivity index (χ1v) is 7.21. The quantitative estimate of drug-likeness (QED) is 0.876. The molecule has 0 aliphatic heterocycles. The number of anilines is 2. The maximum atomic E-state index is 5.90. The van der Waals surface area contributed by atoms with Gasteiger partial charge in [0, 0.05) is 10.7 Å². The van der Waals surface area contributed by atoms with Gasteiger partial charge in [-0.1, -0.05) is 17.7 Å². The van der Waals surface area contributed by atoms with Crippen molar-refractivity contribution in [3.8, 4) is 5.75 Å². The van der Waals surface area contributed by atoms with Crippen LogP contribution in [0.2, 0.25) is 0 Å². The van der Waals surface area contributed by atoms with E-state index in [-0.39, 0.29) is 6.04 Å². The number of aryl methyl sites for hydroxylation is 1. The summed E-state index contributed by atoms with van der Waals surface area (Å²) in [7, 11) is 0. The number of halogens is 1. The largest absolute Gasteiger partial charge is 0.491 e. The van der Waals surface area contributed by atoms with E-state index in [4.69, 9.17) is 10.5 Å². The molecule has 1 atom stereocenters. The average Bonchev–Trinajstić information content (AvgIpc) is 2.41. The first-order valence-electron chi connectivity index (χ1n) is 6.41. The molecule has 3 N–H and O–H groups in total. The summed E-state index contributed by atoms with van der Waals surface area (Å²) >= 11 is 3.33. The van der Waals surface area contributed by atoms with Crippen molar-refractivity contribution < 1.29 is 4.74 Å². The summed E-state index contributed by atoms with van der Waals surface area (Å²) in [4.78, 5) is 4.25. The van der Waals surface area contributed by atoms with Crippen molar-refractivity contribution >= 4 is 27.4 Å². The molecule has 0 spiro atoms. The van der Waals surface area contributed by atoms with Crippen LogP contribution in [-0.2, 0) is 0 Å². The zero-order valence-electron chi connectivity index (χ0n) is 11.6. The molecule has 0 saturated carbocycles. The van der Waals surface area contributed by atoms with E-state index in [9.17, 15) is 0 Å². The van der Waals surface area contributed by atoms with Crippen molar-refractivity contribution in [1.82, 2.24) is 4.98 Å². The molecule has 0 fully saturated rings. The van der Waals surface area contributed by atoms with Crippen molar-refractivity contribution in [2.75, 3.05) is 17.7 Å². The summed E-state index contributed by atoms with van der Waals surface area (Å²) in [6, 6.07) is 9.92. The number of aromatic nitrogens is 1. The molecule has 0 radical (unpaired) electrons. The fraction of sp³-hybridized carbons (Fsp3) is 0.267. The van der Waals surface area contributed by atoms with Gasteiger partial charge in [-0.05, 0) is 48.0 Å². The Bertz CT molecular complexity index is 572. The molecule has 1 aromatic heterocycles. The molecule has 2 rings (SSSR count). The molecule has 0 bridgehead atoms. The van der Waals surface area contributed by atoms with Crippen LogP contribution in [0.25, 0.3) is 0 Å². The SMILES string of the molecule is Cc1ccc(OCC(C)Nc2ncc(Br)cc2N)cc1. The van der Waals surface area contributed by atoms with Crippen molar-refractivity contribution in [2.24, 2.45) is 0 Å². The molecule has 0 amide bonds. The Hall–Kier alpha value is -1.75. The minimum atomic E-state index is 0.104. The smallest absolute Gasteiger partial charge is 0.149 e. The summed E-state index contributed by atoms with van der Waals surface area (Å²) in [6.45, 7) is 4.62. The van der Waals surface area contributed by atoms with E-state index in [1.54, 1.807) is 6.20 Å². The topological polar surface area (TPSA) is 60.2 Å². The molecule has 1 aromatic carbocycles. The van der Waals surface area contributed by atoms with Gasteiger partial charge in [0.05, 0.1) is 11.7 Å². The maximum Gasteiger partial charge on any atom is 0.149 e. The van der Waals surface area contributed by atoms with Crippen molar-refractivity contribution in [1.29, 1.82) is 0 Å². The standard InChI is InChI=1S/C15H18BrN3O/c1-10-3-5-13(6-4-10)20-9-11(2)19-15-14(17)7-12(16)8-18-15/h3-8,11H,9,17H2,1-2H3,(H,18,19). The molecule has 106 valence electrons. The first-order chi connectivity index (χ1) is 9.54. The van der Waals surface area contributed by atoms with Gasteiger partial charge in [0.2, 0.25) is 0 Å². The van der Waals surface area contributed by atoms with Crippen LogP contribution < -0.4 is 15.8 Å². The molecule has 0 aliphatic carbocycles. The van der Waals surface area contributed by atoms with Crippen molar-refractivity contribution in [2.45, 2.75) is 19.9 Å². The minimum Gasteiger partial charge on any atom is -0.491 e. The highest BCUT2D eigenvalue weighted by Gasteiger charge is 2.07. The zero-order valence-corrected chi connectivity index (χ0v) is 13.1. The number of nitrogen functional groups attached to an aromatic ring is 1. The van der Waals surface area contributed by atoms with Crippen LogP contribution in [-0.4, -0.2) is 17.6 Å². The highest BCUT2D eigenvalue weighted by Crippen LogP contribution is 2.20. The number of ether oxygens (including phenoxy) is 1. The van der Waals surface area contributed by atoms with E-state index >= 15 is 0 Å². The van der Waals surface area contributed by atoms with E-state index < -0.39 is 0 Å². The summed E-state index contributed by atoms with van der Waals surface area (Å²) in [5.74, 6) is 1.54. The average molecular weight is 336 g/mol. The van der Waals surface area contributed by atoms with Crippen LogP contribution in [0.5, 0.6) is 5.75 Å². The number of hydrogen-bond acceptors (Lipinski definition) is 4. The molecular weight excluding hydrogens is 318 g/mol. The zero-order chi connectivity index (χ0) is 14.5. The second kappa shape index (κ2) is 6.61. The molecule has 1 unspecified atom stereocenters. The van der Waals surface area contributed by atoms with Gasteiger partial charge in [-0.2, -0.15) is 0 Å². The summed E-state index contributed by atoms with van der Waals surface area (Å²) in [6.07, 6.45) is 1.71. The fourth-order valence-electron chi connectivity index (χ4n) is 1.71. The van der Waals surface area contributed by atoms with Crippen LogP contribution >= 0.6 is 15.9 Å². The first kappa shape index (κ1) is 14.7. The molecule has 1 heterocycles. The molecule has 0 saturated heterocycles. The highest BCUT2D eigenvalue weighted by atomic mass is 79.9. The maximum absolute atomic E-state index is 5.90. The van der Waals surface area contributed by atoms with Crippen LogP contribution in [0.3, 0.4) is 0 Å². The van der Waals surface area contributed by atoms with Gasteiger partial charge in [-0.15, -0.1) is 0 Å². The highest BCUT2D eigenvalue weighted by molar-refractivity contribution is 9.10. The predicted molar refractivity (Wildman–Crippen MR) is 86.1 cm³/mol. The van der Waals surface area contributed by atoms with E-state index in [1.807, 2.05) is 37.3 Å². The third-order valence-electron chi connectivity index (χ3n) is 2.79. The van der Waals surface area contributed by atoms with Gasteiger partial charge >= 0.3 is 0 Å². The lowest BCUT2D eigenvalue weighted by Crippen LogP contribution is -2.24. The lowest BCUT2D eigenvalue weighted by molar-refractivity contribution is 0.303. The van der Waals surface area contributed by atoms with Crippen molar-refractivity contribution in [3.05, 3.63) is 46.6 Å². The van der Waals surface area contributed by atoms with Gasteiger partial charge in [0.15, 0.2) is 0 Å². The summed E-state index contributed by atoms with van der Waals surface area (Å²) < 4.78 is 6.58. The van der Waals surface area contributed by atoms with Crippen LogP contribution in [0.4, 0.5) is 11.5 Å². The Morgan fingerprint density at radius 3 is 2.70 bits per heavy atom. The number of nitrogens with zero attached hydrogens (tertiary/aromatic N) is 1. The van der Waals surface area contributed by atoms with Gasteiger partial charge < -0.3 is 15.8 Å². The van der Waals surface area contributed by atoms with Gasteiger partial charge in [-0.3, -0.25) is 0 Å². The number of nitrogens with one attached hydrogen (secondary N) is 1. The van der Waals surface area contributed by atoms with Gasteiger partial charge in [0.1, 0.15) is 18.2 Å². The van der Waals surface area contributed by atoms with E-state index in [2.05, 4.69) is 33.2 Å². The number of rotatable bonds is 5. The van der Waals surface area contributed by atoms with E-state index in [1.165, 1.54) is 5.56 Å². The van der Waals surface area contributed by atoms with E-state index in [0.29, 0.717) is 18.1 Å². The lowest BCUT2D eigenvalue weighted by Gasteiger charge is -2.16. The van der Waals surface area contributed by atoms with Crippen LogP contribution in [0, 0.1) is 6.92 Å². The van der Waals surface area contributed by atoms with E-state index in [0.717, 1.165) is 10.2 Å². The van der Waals surface area contributed by atoms with Crippen LogP contribution in [0.1, 0.15) is 12.5 Å². The number of benzene rings is 1. The Balaban J connectivity index is 1.89. The Morgan fingerprint density at radius 2 is 2.05 bits per heavy atom. The molecule has 4 nitrogen and oxygen atoms in total. The summed E-state index contributed by atoms with van der Waals surface area (Å²) in [5.41, 5.74) is 7.73. The normalized spacial score (nSPS) is 11.9. The second-order valence-electron chi connectivity index (χ2n) is 4.76. The third kappa shape index (κ3) is 4.13. The third-order valence-corrected chi connectivity index (χ3v) is 3.22. The minimum absolute atomic E-state index is 0.104. The number of hydrogen-bond donors (Lipinski definition) is 2. The van der Waals surface area contributed by atoms with Gasteiger partial charge in [0.25, 0.3) is 0 Å². The Morgan fingerprint density at radius 1 is 1.35 bits per heavy atom. The monoisotopic (exact) mass is 335 g/mol. The lowest BCUT2D eigenvalue weighted by atomic mass is 10.2. The molecule has 20 heavy (non-hydrogen) atoms. The fourth-order valence-corrected chi connectivity index (χ4v) is 2.06. The molecular formula is C15H18BrN3O. The molecule has 0 aliphatic rings. The molecule has 2 aromatic rings. The Kier molecular flexibility index (Phi) is 4.84. The van der Waals surface area contributed by atoms with Gasteiger partial charge in [-0.25, -0.2) is 4.98 Å². The van der Waals surface area contributed by atoms with Crippen molar-refractivity contribution in [3.63, 3.8) is 0 Å². The summed E-state index contributed by atoms with van der Waals surface area (Å²) in [5, 5.41) is 3.24. The molecule has 5 heteroatoms. The number of nitrogens with two attached hydrogens (primary N) is 1. The Labute approximate surface area is 127 Å².